The number of nitrogens with zero attached hydrogens (tertiary/aromatic N) is 4. The number of alkyl halides is 3. The minimum atomic E-state index is -4.51. The van der Waals surface area contributed by atoms with Crippen LogP contribution in [0.5, 0.6) is 0 Å². The van der Waals surface area contributed by atoms with Crippen molar-refractivity contribution in [2.75, 3.05) is 13.1 Å². The molecule has 3 aromatic rings. The molecule has 3 heterocycles. The highest BCUT2D eigenvalue weighted by molar-refractivity contribution is 5.69. The monoisotopic (exact) mass is 446 g/mol. The predicted molar refractivity (Wildman–Crippen MR) is 111 cm³/mol. The summed E-state index contributed by atoms with van der Waals surface area (Å²) in [6.45, 7) is 0.679. The van der Waals surface area contributed by atoms with Crippen LogP contribution >= 0.6 is 0 Å². The second kappa shape index (κ2) is 8.18. The maximum absolute atomic E-state index is 13.3. The number of halogens is 3. The van der Waals surface area contributed by atoms with Crippen LogP contribution < -0.4 is 5.56 Å². The summed E-state index contributed by atoms with van der Waals surface area (Å²) < 4.78 is 43.0. The van der Waals surface area contributed by atoms with E-state index in [0.29, 0.717) is 37.6 Å². The average Bonchev–Trinajstić information content (AvgIpc) is 3.10. The van der Waals surface area contributed by atoms with Crippen molar-refractivity contribution < 1.29 is 23.1 Å². The Balaban J connectivity index is 1.85. The Morgan fingerprint density at radius 2 is 1.84 bits per heavy atom. The zero-order valence-electron chi connectivity index (χ0n) is 17.2. The fourth-order valence-electron chi connectivity index (χ4n) is 4.12. The van der Waals surface area contributed by atoms with E-state index < -0.39 is 17.8 Å². The van der Waals surface area contributed by atoms with Crippen LogP contribution in [0.15, 0.2) is 53.5 Å². The molecule has 0 unspecified atom stereocenters. The summed E-state index contributed by atoms with van der Waals surface area (Å²) >= 11 is 0. The number of benzene rings is 1. The first-order valence-electron chi connectivity index (χ1n) is 10.1. The van der Waals surface area contributed by atoms with Crippen LogP contribution in [0.3, 0.4) is 0 Å². The molecule has 0 saturated carbocycles. The quantitative estimate of drug-likeness (QED) is 0.657. The van der Waals surface area contributed by atoms with Gasteiger partial charge in [-0.1, -0.05) is 18.2 Å². The van der Waals surface area contributed by atoms with Gasteiger partial charge < -0.3 is 14.6 Å². The maximum Gasteiger partial charge on any atom is 0.416 e. The zero-order chi connectivity index (χ0) is 23.0. The molecule has 1 N–H and O–H groups in total. The van der Waals surface area contributed by atoms with Crippen molar-refractivity contribution in [3.8, 4) is 17.1 Å². The molecule has 0 aliphatic carbocycles. The Labute approximate surface area is 181 Å². The van der Waals surface area contributed by atoms with Gasteiger partial charge in [-0.3, -0.25) is 9.36 Å². The molecule has 0 spiro atoms. The van der Waals surface area contributed by atoms with Gasteiger partial charge in [-0.15, -0.1) is 0 Å². The molecule has 4 rings (SSSR count). The lowest BCUT2D eigenvalue weighted by Gasteiger charge is -2.29. The molecular formula is C22H21F3N4O3. The molecule has 2 aromatic heterocycles. The number of aromatic nitrogens is 3. The fourth-order valence-corrected chi connectivity index (χ4v) is 4.12. The molecular weight excluding hydrogens is 425 g/mol. The summed E-state index contributed by atoms with van der Waals surface area (Å²) in [6.07, 6.45) is -2.89. The summed E-state index contributed by atoms with van der Waals surface area (Å²) in [5.41, 5.74) is -0.628. The number of likely N-dealkylation sites (tertiary alicyclic amines) is 1. The smallest absolute Gasteiger partial charge is 0.416 e. The summed E-state index contributed by atoms with van der Waals surface area (Å²) in [4.78, 5) is 29.8. The Morgan fingerprint density at radius 1 is 1.12 bits per heavy atom. The van der Waals surface area contributed by atoms with Crippen molar-refractivity contribution in [1.29, 1.82) is 0 Å². The topological polar surface area (TPSA) is 80.4 Å². The van der Waals surface area contributed by atoms with Crippen molar-refractivity contribution in [1.82, 2.24) is 19.0 Å². The van der Waals surface area contributed by atoms with Gasteiger partial charge in [0.15, 0.2) is 0 Å². The van der Waals surface area contributed by atoms with Crippen molar-refractivity contribution in [3.63, 3.8) is 0 Å². The third kappa shape index (κ3) is 4.00. The van der Waals surface area contributed by atoms with Gasteiger partial charge in [0.05, 0.1) is 5.56 Å². The summed E-state index contributed by atoms with van der Waals surface area (Å²) in [6, 6.07) is 9.48. The van der Waals surface area contributed by atoms with E-state index in [-0.39, 0.29) is 22.7 Å². The van der Waals surface area contributed by atoms with Crippen LogP contribution in [0, 0.1) is 0 Å². The van der Waals surface area contributed by atoms with E-state index in [1.807, 2.05) is 0 Å². The van der Waals surface area contributed by atoms with Crippen molar-refractivity contribution in [2.45, 2.75) is 24.9 Å². The molecule has 0 bridgehead atoms. The highest BCUT2D eigenvalue weighted by Gasteiger charge is 2.32. The number of amides is 1. The normalized spacial score (nSPS) is 15.2. The molecule has 1 amide bonds. The zero-order valence-corrected chi connectivity index (χ0v) is 17.2. The number of imidazole rings is 1. The van der Waals surface area contributed by atoms with Gasteiger partial charge in [0.25, 0.3) is 5.56 Å². The first-order chi connectivity index (χ1) is 15.2. The molecule has 0 radical (unpaired) electrons. The fraction of sp³-hybridized carbons (Fsp3) is 0.318. The minimum absolute atomic E-state index is 0.0895. The van der Waals surface area contributed by atoms with Crippen molar-refractivity contribution in [3.05, 3.63) is 70.4 Å². The number of rotatable bonds is 3. The Kier molecular flexibility index (Phi) is 5.53. The largest absolute Gasteiger partial charge is 0.465 e. The van der Waals surface area contributed by atoms with Gasteiger partial charge in [0, 0.05) is 43.9 Å². The molecule has 1 saturated heterocycles. The molecule has 1 aliphatic heterocycles. The van der Waals surface area contributed by atoms with Crippen LogP contribution in [0.2, 0.25) is 0 Å². The maximum atomic E-state index is 13.3. The number of carbonyl (C=O) groups is 1. The number of hydrogen-bond donors (Lipinski definition) is 1. The Bertz CT molecular complexity index is 1210. The lowest BCUT2D eigenvalue weighted by Crippen LogP contribution is -2.37. The lowest BCUT2D eigenvalue weighted by molar-refractivity contribution is -0.137. The predicted octanol–water partition coefficient (Wildman–Crippen LogP) is 4.11. The van der Waals surface area contributed by atoms with Gasteiger partial charge in [-0.05, 0) is 31.0 Å². The first-order valence-corrected chi connectivity index (χ1v) is 10.1. The standard InChI is InChI=1S/C22H21F3N4O3/c1-27-19(14-8-11-28(12-9-14)21(31)32)26-18(20(27)29-10-3-2-7-17(29)30)15-5-4-6-16(13-15)22(23,24)25/h2-7,10,13-14H,8-9,11-12H2,1H3,(H,31,32). The highest BCUT2D eigenvalue weighted by atomic mass is 19.4. The molecule has 10 heteroatoms. The van der Waals surface area contributed by atoms with Gasteiger partial charge in [-0.25, -0.2) is 9.78 Å². The first kappa shape index (κ1) is 21.7. The summed E-state index contributed by atoms with van der Waals surface area (Å²) in [5.74, 6) is 0.882. The lowest BCUT2D eigenvalue weighted by atomic mass is 9.96. The van der Waals surface area contributed by atoms with E-state index in [0.717, 1.165) is 12.1 Å². The molecule has 1 fully saturated rings. The van der Waals surface area contributed by atoms with E-state index in [2.05, 4.69) is 4.98 Å². The number of piperidine rings is 1. The number of pyridine rings is 1. The van der Waals surface area contributed by atoms with E-state index in [1.165, 1.54) is 27.7 Å². The highest BCUT2D eigenvalue weighted by Crippen LogP contribution is 2.36. The Morgan fingerprint density at radius 3 is 2.47 bits per heavy atom. The van der Waals surface area contributed by atoms with E-state index in [1.54, 1.807) is 29.9 Å². The van der Waals surface area contributed by atoms with E-state index >= 15 is 0 Å². The molecule has 7 nitrogen and oxygen atoms in total. The second-order valence-corrected chi connectivity index (χ2v) is 7.73. The van der Waals surface area contributed by atoms with Crippen molar-refractivity contribution >= 4 is 6.09 Å². The molecule has 1 aliphatic rings. The van der Waals surface area contributed by atoms with E-state index in [9.17, 15) is 27.9 Å². The minimum Gasteiger partial charge on any atom is -0.465 e. The Hall–Kier alpha value is -3.56. The number of hydrogen-bond acceptors (Lipinski definition) is 3. The molecule has 32 heavy (non-hydrogen) atoms. The van der Waals surface area contributed by atoms with Crippen molar-refractivity contribution in [2.24, 2.45) is 7.05 Å². The molecule has 168 valence electrons. The van der Waals surface area contributed by atoms with E-state index in [4.69, 9.17) is 0 Å². The second-order valence-electron chi connectivity index (χ2n) is 7.73. The van der Waals surface area contributed by atoms with Gasteiger partial charge in [-0.2, -0.15) is 13.2 Å². The van der Waals surface area contributed by atoms with Crippen LogP contribution in [0.25, 0.3) is 17.1 Å². The molecule has 1 aromatic carbocycles. The summed E-state index contributed by atoms with van der Waals surface area (Å²) in [7, 11) is 1.72. The van der Waals surface area contributed by atoms with Crippen LogP contribution in [0.4, 0.5) is 18.0 Å². The van der Waals surface area contributed by atoms with Crippen LogP contribution in [-0.4, -0.2) is 43.3 Å². The van der Waals surface area contributed by atoms with Crippen LogP contribution in [-0.2, 0) is 13.2 Å². The summed E-state index contributed by atoms with van der Waals surface area (Å²) in [5, 5.41) is 9.19. The van der Waals surface area contributed by atoms with Gasteiger partial charge in [0.2, 0.25) is 0 Å². The average molecular weight is 446 g/mol. The van der Waals surface area contributed by atoms with Crippen LogP contribution in [0.1, 0.15) is 30.1 Å². The van der Waals surface area contributed by atoms with Gasteiger partial charge >= 0.3 is 12.3 Å². The molecule has 0 atom stereocenters. The van der Waals surface area contributed by atoms with Gasteiger partial charge in [0.1, 0.15) is 17.3 Å². The third-order valence-corrected chi connectivity index (χ3v) is 5.74. The SMILES string of the molecule is Cn1c(C2CCN(C(=O)O)CC2)nc(-c2cccc(C(F)(F)F)c2)c1-n1ccccc1=O. The number of carboxylic acid groups (broad SMARTS) is 1. The third-order valence-electron chi connectivity index (χ3n) is 5.74.